The van der Waals surface area contributed by atoms with Gasteiger partial charge in [0.2, 0.25) is 12.7 Å². The highest BCUT2D eigenvalue weighted by Crippen LogP contribution is 2.25. The van der Waals surface area contributed by atoms with Gasteiger partial charge in [0.05, 0.1) is 39.4 Å². The lowest BCUT2D eigenvalue weighted by Gasteiger charge is -2.21. The average Bonchev–Trinajstić information content (AvgIpc) is 3.56. The summed E-state index contributed by atoms with van der Waals surface area (Å²) >= 11 is 0. The fraction of sp³-hybridized carbons (Fsp3) is 0.622. The van der Waals surface area contributed by atoms with Crippen LogP contribution >= 0.6 is 0 Å². The number of nitrogens with zero attached hydrogens (tertiary/aromatic N) is 4. The van der Waals surface area contributed by atoms with E-state index in [1.165, 1.54) is 86.3 Å². The maximum atomic E-state index is 6.33. The van der Waals surface area contributed by atoms with E-state index in [1.807, 2.05) is 0 Å². The summed E-state index contributed by atoms with van der Waals surface area (Å²) in [7, 11) is 0. The number of benzene rings is 2. The zero-order chi connectivity index (χ0) is 29.1. The molecule has 6 heteroatoms. The van der Waals surface area contributed by atoms with Crippen molar-refractivity contribution in [1.82, 2.24) is 9.13 Å². The van der Waals surface area contributed by atoms with Crippen molar-refractivity contribution in [3.8, 4) is 0 Å². The third-order valence-electron chi connectivity index (χ3n) is 9.89. The van der Waals surface area contributed by atoms with Gasteiger partial charge in [-0.3, -0.25) is 0 Å². The predicted octanol–water partition coefficient (Wildman–Crippen LogP) is 7.24. The van der Waals surface area contributed by atoms with Crippen molar-refractivity contribution in [2.45, 2.75) is 110 Å². The summed E-state index contributed by atoms with van der Waals surface area (Å²) in [5.74, 6) is 1.45. The molecule has 3 heterocycles. The summed E-state index contributed by atoms with van der Waals surface area (Å²) < 4.78 is 22.4. The highest BCUT2D eigenvalue weighted by atomic mass is 16.5. The van der Waals surface area contributed by atoms with Gasteiger partial charge in [0.15, 0.2) is 22.1 Å². The molecule has 1 saturated carbocycles. The van der Waals surface area contributed by atoms with E-state index in [1.54, 1.807) is 0 Å². The van der Waals surface area contributed by atoms with Crippen LogP contribution in [0.25, 0.3) is 22.1 Å². The number of rotatable bonds is 0. The zero-order valence-electron chi connectivity index (χ0n) is 26.4. The Morgan fingerprint density at radius 1 is 0.512 bits per heavy atom. The van der Waals surface area contributed by atoms with Crippen LogP contribution in [0.15, 0.2) is 61.2 Å². The third kappa shape index (κ3) is 8.27. The van der Waals surface area contributed by atoms with Crippen LogP contribution in [0, 0.1) is 11.8 Å². The SMILES string of the molecule is c1ccc2c(c1)n1c[n+]2CCC[n+]2cn(c3ccccc32)CCCOCC2CCCCCCC(CCCC2)COCCC1. The molecular formula is C37H54N4O2+2. The van der Waals surface area contributed by atoms with Gasteiger partial charge >= 0.3 is 0 Å². The maximum absolute atomic E-state index is 6.33. The van der Waals surface area contributed by atoms with E-state index in [9.17, 15) is 0 Å². The van der Waals surface area contributed by atoms with Crippen molar-refractivity contribution in [1.29, 1.82) is 0 Å². The van der Waals surface area contributed by atoms with Crippen LogP contribution < -0.4 is 9.13 Å². The van der Waals surface area contributed by atoms with Gasteiger partial charge in [0, 0.05) is 32.5 Å². The van der Waals surface area contributed by atoms with E-state index >= 15 is 0 Å². The molecule has 0 radical (unpaired) electrons. The topological polar surface area (TPSA) is 36.1 Å². The Bertz CT molecular complexity index is 1300. The van der Waals surface area contributed by atoms with Crippen LogP contribution in [0.5, 0.6) is 0 Å². The molecule has 0 saturated heterocycles. The number of para-hydroxylation sites is 4. The van der Waals surface area contributed by atoms with E-state index in [4.69, 9.17) is 9.47 Å². The van der Waals surface area contributed by atoms with Gasteiger partial charge in [0.1, 0.15) is 0 Å². The molecule has 2 aromatic carbocycles. The van der Waals surface area contributed by atoms with Gasteiger partial charge in [-0.2, -0.15) is 0 Å². The molecule has 6 nitrogen and oxygen atoms in total. The number of hydrogen-bond acceptors (Lipinski definition) is 2. The average molecular weight is 587 g/mol. The van der Waals surface area contributed by atoms with Gasteiger partial charge < -0.3 is 9.47 Å². The van der Waals surface area contributed by atoms with Gasteiger partial charge in [-0.25, -0.2) is 18.3 Å². The molecule has 2 aliphatic rings. The zero-order valence-corrected chi connectivity index (χ0v) is 26.4. The van der Waals surface area contributed by atoms with E-state index in [2.05, 4.69) is 79.5 Å². The van der Waals surface area contributed by atoms with Crippen LogP contribution in [0.3, 0.4) is 0 Å². The Kier molecular flexibility index (Phi) is 11.2. The minimum absolute atomic E-state index is 0.723. The summed E-state index contributed by atoms with van der Waals surface area (Å²) in [6.45, 7) is 7.60. The minimum atomic E-state index is 0.723. The van der Waals surface area contributed by atoms with Crippen molar-refractivity contribution in [3.63, 3.8) is 0 Å². The van der Waals surface area contributed by atoms with Crippen LogP contribution in [-0.4, -0.2) is 35.6 Å². The largest absolute Gasteiger partial charge is 0.381 e. The summed E-state index contributed by atoms with van der Waals surface area (Å²) in [5, 5.41) is 0. The highest BCUT2D eigenvalue weighted by Gasteiger charge is 2.19. The fourth-order valence-corrected chi connectivity index (χ4v) is 7.49. The van der Waals surface area contributed by atoms with Gasteiger partial charge in [-0.15, -0.1) is 0 Å². The first-order chi connectivity index (χ1) is 21.3. The molecule has 6 rings (SSSR count). The first-order valence-electron chi connectivity index (χ1n) is 17.5. The second-order valence-corrected chi connectivity index (χ2v) is 13.2. The van der Waals surface area contributed by atoms with Crippen molar-refractivity contribution < 1.29 is 18.6 Å². The first kappa shape index (κ1) is 30.3. The quantitative estimate of drug-likeness (QED) is 0.204. The third-order valence-corrected chi connectivity index (χ3v) is 9.89. The molecule has 1 aliphatic carbocycles. The predicted molar refractivity (Wildman–Crippen MR) is 173 cm³/mol. The Morgan fingerprint density at radius 3 is 1.44 bits per heavy atom. The van der Waals surface area contributed by atoms with Crippen molar-refractivity contribution in [2.75, 3.05) is 26.4 Å². The molecule has 2 unspecified atom stereocenters. The van der Waals surface area contributed by atoms with Crippen molar-refractivity contribution in [2.24, 2.45) is 11.8 Å². The first-order valence-corrected chi connectivity index (χ1v) is 17.5. The monoisotopic (exact) mass is 586 g/mol. The summed E-state index contributed by atoms with van der Waals surface area (Å²) in [4.78, 5) is 0. The van der Waals surface area contributed by atoms with Crippen LogP contribution in [0.1, 0.15) is 83.5 Å². The molecular weight excluding hydrogens is 532 g/mol. The molecule has 43 heavy (non-hydrogen) atoms. The molecule has 1 fully saturated rings. The van der Waals surface area contributed by atoms with E-state index in [-0.39, 0.29) is 0 Å². The van der Waals surface area contributed by atoms with Gasteiger partial charge in [-0.05, 0) is 61.8 Å². The smallest absolute Gasteiger partial charge is 0.244 e. The summed E-state index contributed by atoms with van der Waals surface area (Å²) in [6.07, 6.45) is 21.3. The Hall–Kier alpha value is -2.70. The Balaban J connectivity index is 1.17. The number of ether oxygens (including phenoxy) is 2. The second kappa shape index (κ2) is 15.9. The molecule has 0 N–H and O–H groups in total. The lowest BCUT2D eigenvalue weighted by Crippen LogP contribution is -2.38. The second-order valence-electron chi connectivity index (χ2n) is 13.2. The van der Waals surface area contributed by atoms with Crippen LogP contribution in [0.2, 0.25) is 0 Å². The maximum Gasteiger partial charge on any atom is 0.244 e. The van der Waals surface area contributed by atoms with Gasteiger partial charge in [-0.1, -0.05) is 62.8 Å². The number of imidazole rings is 2. The van der Waals surface area contributed by atoms with Gasteiger partial charge in [0.25, 0.3) is 0 Å². The van der Waals surface area contributed by atoms with Crippen LogP contribution in [-0.2, 0) is 35.7 Å². The van der Waals surface area contributed by atoms with E-state index < -0.39 is 0 Å². The standard InChI is InChI=1S/C37H54N4O2/c1-2-4-15-33-17-6-5-16-32(14-3-1)28-42-26-12-24-40-30-38(34-18-7-9-20-36(34)40)22-11-23-39-31-41(25-13-27-43-29-33)37-21-10-8-19-35(37)39/h7-10,18-21,30-33H,1-6,11-17,22-29H2/q+2. The number of hydrogen-bond donors (Lipinski definition) is 0. The van der Waals surface area contributed by atoms with Crippen molar-refractivity contribution in [3.05, 3.63) is 61.2 Å². The molecule has 0 amide bonds. The number of aryl methyl sites for hydroxylation is 4. The van der Waals surface area contributed by atoms with E-state index in [0.717, 1.165) is 83.7 Å². The Morgan fingerprint density at radius 2 is 0.953 bits per heavy atom. The summed E-state index contributed by atoms with van der Waals surface area (Å²) in [5.41, 5.74) is 5.31. The summed E-state index contributed by atoms with van der Waals surface area (Å²) in [6, 6.07) is 17.7. The molecule has 6 bridgehead atoms. The Labute approximate surface area is 258 Å². The molecule has 1 aliphatic heterocycles. The fourth-order valence-electron chi connectivity index (χ4n) is 7.49. The number of aromatic nitrogens is 4. The minimum Gasteiger partial charge on any atom is -0.381 e. The highest BCUT2D eigenvalue weighted by molar-refractivity contribution is 5.72. The molecule has 2 atom stereocenters. The normalized spacial score (nSPS) is 23.1. The number of fused-ring (bicyclic) bond motifs is 15. The van der Waals surface area contributed by atoms with Crippen LogP contribution in [0.4, 0.5) is 0 Å². The molecule has 2 aromatic heterocycles. The lowest BCUT2D eigenvalue weighted by molar-refractivity contribution is -0.703. The molecule has 4 aromatic rings. The van der Waals surface area contributed by atoms with Crippen molar-refractivity contribution >= 4 is 22.1 Å². The molecule has 232 valence electrons. The lowest BCUT2D eigenvalue weighted by atomic mass is 9.90. The van der Waals surface area contributed by atoms with E-state index in [0.29, 0.717) is 0 Å². The molecule has 0 spiro atoms.